The van der Waals surface area contributed by atoms with E-state index in [0.29, 0.717) is 18.3 Å². The van der Waals surface area contributed by atoms with Gasteiger partial charge in [0.25, 0.3) is 0 Å². The van der Waals surface area contributed by atoms with Crippen molar-refractivity contribution in [3.05, 3.63) is 111 Å². The molecule has 0 saturated carbocycles. The Morgan fingerprint density at radius 1 is 0.878 bits per heavy atom. The highest BCUT2D eigenvalue weighted by atomic mass is 19.1. The third-order valence-corrected chi connectivity index (χ3v) is 9.19. The predicted molar refractivity (Wildman–Crippen MR) is 178 cm³/mol. The van der Waals surface area contributed by atoms with Crippen LogP contribution >= 0.6 is 0 Å². The number of alkyl halides is 1. The Hall–Kier alpha value is -2.93. The van der Waals surface area contributed by atoms with E-state index in [9.17, 15) is 4.39 Å². The Morgan fingerprint density at radius 3 is 2.29 bits per heavy atom. The molecule has 218 valence electrons. The average molecular weight is 551 g/mol. The fraction of sp³-hybridized carbons (Fsp3) is 0.450. The number of benzene rings is 3. The topological polar surface area (TPSA) is 0 Å². The molecule has 4 rings (SSSR count). The minimum atomic E-state index is -0.186. The van der Waals surface area contributed by atoms with Crippen LogP contribution in [0.2, 0.25) is 0 Å². The van der Waals surface area contributed by atoms with Crippen LogP contribution in [0, 0.1) is 19.8 Å². The lowest BCUT2D eigenvalue weighted by atomic mass is 9.83. The minimum Gasteiger partial charge on any atom is -0.251 e. The standard InChI is InChI=1S/C40H51F/c1-8-31(13-10-9-11-22-41)25-32-16-18-33(19-17-32)40-36-21-20-34(27(2)3)26-35(36)14-12-15-37(40)39-24-29(6)38(28(4)5)23-30(39)7/h16-21,23-24,26,28,31H,2,8-15,22,25H2,1,3-7H3. The first-order valence-electron chi connectivity index (χ1n) is 16.0. The maximum atomic E-state index is 12.5. The van der Waals surface area contributed by atoms with Crippen LogP contribution in [0.5, 0.6) is 0 Å². The maximum absolute atomic E-state index is 12.5. The van der Waals surface area contributed by atoms with Crippen molar-refractivity contribution in [2.45, 2.75) is 105 Å². The summed E-state index contributed by atoms with van der Waals surface area (Å²) >= 11 is 0. The van der Waals surface area contributed by atoms with E-state index in [-0.39, 0.29) is 6.67 Å². The first-order chi connectivity index (χ1) is 19.7. The summed E-state index contributed by atoms with van der Waals surface area (Å²) in [5, 5.41) is 0. The number of allylic oxidation sites excluding steroid dienone is 2. The molecule has 3 aromatic rings. The van der Waals surface area contributed by atoms with Crippen molar-refractivity contribution in [3.63, 3.8) is 0 Å². The van der Waals surface area contributed by atoms with E-state index in [1.807, 2.05) is 0 Å². The molecule has 0 amide bonds. The van der Waals surface area contributed by atoms with Crippen molar-refractivity contribution in [2.24, 2.45) is 5.92 Å². The van der Waals surface area contributed by atoms with Crippen LogP contribution < -0.4 is 0 Å². The third-order valence-electron chi connectivity index (χ3n) is 9.19. The zero-order valence-electron chi connectivity index (χ0n) is 26.5. The van der Waals surface area contributed by atoms with Gasteiger partial charge in [0.15, 0.2) is 0 Å². The highest BCUT2D eigenvalue weighted by Crippen LogP contribution is 2.42. The molecule has 0 saturated heterocycles. The molecule has 1 atom stereocenters. The second-order valence-electron chi connectivity index (χ2n) is 12.8. The first kappa shape index (κ1) is 31.0. The maximum Gasteiger partial charge on any atom is 0.0894 e. The predicted octanol–water partition coefficient (Wildman–Crippen LogP) is 11.9. The molecule has 0 heterocycles. The van der Waals surface area contributed by atoms with Gasteiger partial charge in [0.2, 0.25) is 0 Å². The van der Waals surface area contributed by atoms with E-state index in [4.69, 9.17) is 0 Å². The Balaban J connectivity index is 1.79. The lowest BCUT2D eigenvalue weighted by Gasteiger charge is -2.21. The monoisotopic (exact) mass is 550 g/mol. The van der Waals surface area contributed by atoms with Gasteiger partial charge < -0.3 is 0 Å². The first-order valence-corrected chi connectivity index (χ1v) is 16.0. The summed E-state index contributed by atoms with van der Waals surface area (Å²) in [5.41, 5.74) is 16.4. The van der Waals surface area contributed by atoms with Crippen molar-refractivity contribution in [2.75, 3.05) is 6.67 Å². The average Bonchev–Trinajstić information content (AvgIpc) is 3.15. The minimum absolute atomic E-state index is 0.186. The number of aryl methyl sites for hydroxylation is 3. The number of rotatable bonds is 12. The largest absolute Gasteiger partial charge is 0.251 e. The molecule has 1 unspecified atom stereocenters. The Morgan fingerprint density at radius 2 is 1.63 bits per heavy atom. The Bertz CT molecular complexity index is 1370. The third kappa shape index (κ3) is 7.48. The number of fused-ring (bicyclic) bond motifs is 1. The molecule has 3 aromatic carbocycles. The van der Waals surface area contributed by atoms with Crippen LogP contribution in [0.4, 0.5) is 4.39 Å². The molecule has 0 nitrogen and oxygen atoms in total. The summed E-state index contributed by atoms with van der Waals surface area (Å²) in [6.45, 7) is 17.6. The van der Waals surface area contributed by atoms with Gasteiger partial charge in [-0.05, 0) is 126 Å². The van der Waals surface area contributed by atoms with Crippen LogP contribution in [-0.4, -0.2) is 6.67 Å². The van der Waals surface area contributed by atoms with Crippen molar-refractivity contribution in [3.8, 4) is 0 Å². The van der Waals surface area contributed by atoms with Gasteiger partial charge in [0.1, 0.15) is 0 Å². The zero-order valence-corrected chi connectivity index (χ0v) is 26.5. The van der Waals surface area contributed by atoms with Crippen molar-refractivity contribution >= 4 is 16.7 Å². The van der Waals surface area contributed by atoms with E-state index in [1.165, 1.54) is 74.1 Å². The fourth-order valence-electron chi connectivity index (χ4n) is 6.73. The van der Waals surface area contributed by atoms with Crippen LogP contribution in [0.15, 0.2) is 61.2 Å². The van der Waals surface area contributed by atoms with Gasteiger partial charge in [-0.3, -0.25) is 4.39 Å². The molecule has 0 spiro atoms. The van der Waals surface area contributed by atoms with Gasteiger partial charge in [0.05, 0.1) is 6.67 Å². The summed E-state index contributed by atoms with van der Waals surface area (Å²) < 4.78 is 12.5. The van der Waals surface area contributed by atoms with Crippen LogP contribution in [0.25, 0.3) is 16.7 Å². The van der Waals surface area contributed by atoms with Gasteiger partial charge in [-0.15, -0.1) is 0 Å². The number of hydrogen-bond acceptors (Lipinski definition) is 0. The molecule has 1 aliphatic rings. The zero-order chi connectivity index (χ0) is 29.5. The molecule has 0 fully saturated rings. The van der Waals surface area contributed by atoms with Gasteiger partial charge in [0, 0.05) is 0 Å². The van der Waals surface area contributed by atoms with Crippen LogP contribution in [0.3, 0.4) is 0 Å². The number of halogens is 1. The second kappa shape index (κ2) is 14.3. The van der Waals surface area contributed by atoms with Crippen molar-refractivity contribution < 1.29 is 4.39 Å². The molecule has 41 heavy (non-hydrogen) atoms. The molecule has 1 aliphatic carbocycles. The van der Waals surface area contributed by atoms with Gasteiger partial charge in [-0.1, -0.05) is 113 Å². The van der Waals surface area contributed by atoms with Crippen molar-refractivity contribution in [1.82, 2.24) is 0 Å². The Labute approximate surface area is 249 Å². The lowest BCUT2D eigenvalue weighted by molar-refractivity contribution is 0.412. The summed E-state index contributed by atoms with van der Waals surface area (Å²) in [6.07, 6.45) is 9.63. The van der Waals surface area contributed by atoms with E-state index < -0.39 is 0 Å². The molecule has 0 aliphatic heterocycles. The quantitative estimate of drug-likeness (QED) is 0.197. The number of hydrogen-bond donors (Lipinski definition) is 0. The normalized spacial score (nSPS) is 14.2. The van der Waals surface area contributed by atoms with E-state index in [0.717, 1.165) is 44.1 Å². The summed E-state index contributed by atoms with van der Waals surface area (Å²) in [6, 6.07) is 21.3. The molecular weight excluding hydrogens is 499 g/mol. The number of unbranched alkanes of at least 4 members (excludes halogenated alkanes) is 2. The van der Waals surface area contributed by atoms with Crippen LogP contribution in [-0.2, 0) is 12.8 Å². The van der Waals surface area contributed by atoms with Gasteiger partial charge in [-0.2, -0.15) is 0 Å². The lowest BCUT2D eigenvalue weighted by Crippen LogP contribution is -2.04. The van der Waals surface area contributed by atoms with E-state index in [1.54, 1.807) is 0 Å². The highest BCUT2D eigenvalue weighted by molar-refractivity contribution is 6.00. The smallest absolute Gasteiger partial charge is 0.0894 e. The van der Waals surface area contributed by atoms with Crippen LogP contribution in [0.1, 0.15) is 129 Å². The summed E-state index contributed by atoms with van der Waals surface area (Å²) in [5.74, 6) is 1.19. The molecule has 0 radical (unpaired) electrons. The van der Waals surface area contributed by atoms with Crippen molar-refractivity contribution in [1.29, 1.82) is 0 Å². The SMILES string of the molecule is C=C(C)c1ccc2c(c1)CCCC(c1cc(C)c(C(C)C)cc1C)=C2c1ccc(CC(CC)CCCCCF)cc1. The van der Waals surface area contributed by atoms with E-state index >= 15 is 0 Å². The summed E-state index contributed by atoms with van der Waals surface area (Å²) in [4.78, 5) is 0. The molecule has 1 heteroatoms. The fourth-order valence-corrected chi connectivity index (χ4v) is 6.73. The molecule has 0 bridgehead atoms. The summed E-state index contributed by atoms with van der Waals surface area (Å²) in [7, 11) is 0. The van der Waals surface area contributed by atoms with Gasteiger partial charge >= 0.3 is 0 Å². The van der Waals surface area contributed by atoms with E-state index in [2.05, 4.69) is 103 Å². The molecular formula is C40H51F. The second-order valence-corrected chi connectivity index (χ2v) is 12.8. The highest BCUT2D eigenvalue weighted by Gasteiger charge is 2.22. The van der Waals surface area contributed by atoms with Gasteiger partial charge in [-0.25, -0.2) is 0 Å². The Kier molecular flexibility index (Phi) is 10.8. The molecule has 0 aromatic heterocycles. The molecule has 0 N–H and O–H groups in total.